The average molecular weight is 422 g/mol. The molecule has 1 atom stereocenters. The summed E-state index contributed by atoms with van der Waals surface area (Å²) in [6, 6.07) is 18.6. The van der Waals surface area contributed by atoms with Crippen molar-refractivity contribution >= 4 is 18.1 Å². The molecule has 6 nitrogen and oxygen atoms in total. The lowest BCUT2D eigenvalue weighted by Gasteiger charge is -2.28. The van der Waals surface area contributed by atoms with Gasteiger partial charge in [0.15, 0.2) is 10.6 Å². The van der Waals surface area contributed by atoms with Crippen molar-refractivity contribution in [2.75, 3.05) is 19.6 Å². The highest BCUT2D eigenvalue weighted by molar-refractivity contribution is 7.71. The van der Waals surface area contributed by atoms with Crippen LogP contribution in [0.15, 0.2) is 54.6 Å². The van der Waals surface area contributed by atoms with E-state index >= 15 is 0 Å². The van der Waals surface area contributed by atoms with Crippen molar-refractivity contribution in [2.45, 2.75) is 32.4 Å². The third-order valence-corrected chi connectivity index (χ3v) is 5.91. The Bertz CT molecular complexity index is 1050. The van der Waals surface area contributed by atoms with Gasteiger partial charge in [-0.3, -0.25) is 19.4 Å². The van der Waals surface area contributed by atoms with E-state index in [0.29, 0.717) is 17.1 Å². The highest BCUT2D eigenvalue weighted by Gasteiger charge is 2.24. The first kappa shape index (κ1) is 20.5. The molecule has 0 bridgehead atoms. The quantitative estimate of drug-likeness (QED) is 0.569. The highest BCUT2D eigenvalue weighted by atomic mass is 32.1. The standard InChI is InChI=1S/C23H27N5OS/c1-17-8-7-11-19(14-17)22-25-26-23(30)28(22)16-21(29)24-15-20(27-12-5-6-13-27)18-9-3-2-4-10-18/h2-4,7-11,14,20H,5-6,12-13,15-16H2,1H3,(H,24,29)(H,26,30)/t20-/m0/s1. The number of aromatic nitrogens is 3. The summed E-state index contributed by atoms with van der Waals surface area (Å²) in [5, 5.41) is 10.3. The van der Waals surface area contributed by atoms with E-state index < -0.39 is 0 Å². The average Bonchev–Trinajstić information content (AvgIpc) is 3.40. The Morgan fingerprint density at radius 1 is 1.17 bits per heavy atom. The fourth-order valence-electron chi connectivity index (χ4n) is 4.07. The molecule has 0 saturated carbocycles. The number of carbonyl (C=O) groups excluding carboxylic acids is 1. The topological polar surface area (TPSA) is 66.0 Å². The first-order valence-electron chi connectivity index (χ1n) is 10.4. The summed E-state index contributed by atoms with van der Waals surface area (Å²) in [5.74, 6) is 0.611. The first-order valence-corrected chi connectivity index (χ1v) is 10.8. The van der Waals surface area contributed by atoms with Crippen LogP contribution in [0.4, 0.5) is 0 Å². The van der Waals surface area contributed by atoms with Gasteiger partial charge in [-0.15, -0.1) is 0 Å². The second-order valence-corrected chi connectivity index (χ2v) is 8.17. The monoisotopic (exact) mass is 421 g/mol. The van der Waals surface area contributed by atoms with Gasteiger partial charge in [0.1, 0.15) is 6.54 Å². The van der Waals surface area contributed by atoms with Crippen LogP contribution in [0.1, 0.15) is 30.0 Å². The maximum absolute atomic E-state index is 12.8. The molecule has 2 N–H and O–H groups in total. The molecule has 7 heteroatoms. The van der Waals surface area contributed by atoms with Gasteiger partial charge in [-0.2, -0.15) is 5.10 Å². The number of benzene rings is 2. The highest BCUT2D eigenvalue weighted by Crippen LogP contribution is 2.24. The van der Waals surface area contributed by atoms with Gasteiger partial charge in [-0.25, -0.2) is 0 Å². The molecule has 2 aromatic carbocycles. The minimum Gasteiger partial charge on any atom is -0.353 e. The van der Waals surface area contributed by atoms with E-state index in [1.54, 1.807) is 4.57 Å². The molecule has 156 valence electrons. The second kappa shape index (κ2) is 9.36. The number of aryl methyl sites for hydroxylation is 1. The maximum atomic E-state index is 12.8. The Kier molecular flexibility index (Phi) is 6.40. The molecule has 1 amide bonds. The van der Waals surface area contributed by atoms with E-state index in [1.807, 2.05) is 37.3 Å². The van der Waals surface area contributed by atoms with Crippen molar-refractivity contribution < 1.29 is 4.79 Å². The van der Waals surface area contributed by atoms with Gasteiger partial charge in [0.2, 0.25) is 5.91 Å². The molecular weight excluding hydrogens is 394 g/mol. The molecule has 1 aliphatic rings. The molecule has 1 aliphatic heterocycles. The number of hydrogen-bond acceptors (Lipinski definition) is 4. The second-order valence-electron chi connectivity index (χ2n) is 7.78. The third kappa shape index (κ3) is 4.68. The van der Waals surface area contributed by atoms with Crippen LogP contribution in [-0.4, -0.2) is 45.2 Å². The van der Waals surface area contributed by atoms with Gasteiger partial charge in [-0.05, 0) is 56.7 Å². The van der Waals surface area contributed by atoms with Gasteiger partial charge in [-0.1, -0.05) is 54.1 Å². The summed E-state index contributed by atoms with van der Waals surface area (Å²) < 4.78 is 2.20. The fraction of sp³-hybridized carbons (Fsp3) is 0.348. The molecule has 2 heterocycles. The molecular formula is C23H27N5OS. The van der Waals surface area contributed by atoms with E-state index in [4.69, 9.17) is 12.2 Å². The molecule has 0 spiro atoms. The van der Waals surface area contributed by atoms with Crippen molar-refractivity contribution in [1.29, 1.82) is 0 Å². The molecule has 0 radical (unpaired) electrons. The Labute approximate surface area is 181 Å². The van der Waals surface area contributed by atoms with Crippen molar-refractivity contribution in [1.82, 2.24) is 25.0 Å². The maximum Gasteiger partial charge on any atom is 0.240 e. The minimum absolute atomic E-state index is 0.0680. The van der Waals surface area contributed by atoms with Crippen LogP contribution in [0, 0.1) is 11.7 Å². The Morgan fingerprint density at radius 3 is 2.67 bits per heavy atom. The summed E-state index contributed by atoms with van der Waals surface area (Å²) in [6.45, 7) is 4.89. The van der Waals surface area contributed by atoms with Crippen LogP contribution in [-0.2, 0) is 11.3 Å². The predicted molar refractivity (Wildman–Crippen MR) is 121 cm³/mol. The first-order chi connectivity index (χ1) is 14.6. The van der Waals surface area contributed by atoms with Crippen molar-refractivity contribution in [3.05, 3.63) is 70.5 Å². The molecule has 1 saturated heterocycles. The number of carbonyl (C=O) groups is 1. The van der Waals surface area contributed by atoms with Crippen LogP contribution >= 0.6 is 12.2 Å². The lowest BCUT2D eigenvalue weighted by Crippen LogP contribution is -2.38. The zero-order valence-corrected chi connectivity index (χ0v) is 18.0. The SMILES string of the molecule is Cc1cccc(-c2n[nH]c(=S)n2CC(=O)NC[C@@H](c2ccccc2)N2CCCC2)c1. The normalized spacial score (nSPS) is 15.2. The lowest BCUT2D eigenvalue weighted by molar-refractivity contribution is -0.121. The number of nitrogens with one attached hydrogen (secondary N) is 2. The summed E-state index contributed by atoms with van der Waals surface area (Å²) in [4.78, 5) is 15.3. The van der Waals surface area contributed by atoms with E-state index in [1.165, 1.54) is 18.4 Å². The minimum atomic E-state index is -0.0680. The number of H-pyrrole nitrogens is 1. The number of likely N-dealkylation sites (tertiary alicyclic amines) is 1. The molecule has 30 heavy (non-hydrogen) atoms. The smallest absolute Gasteiger partial charge is 0.240 e. The molecule has 0 aliphatic carbocycles. The van der Waals surface area contributed by atoms with E-state index in [-0.39, 0.29) is 18.5 Å². The third-order valence-electron chi connectivity index (χ3n) is 5.59. The van der Waals surface area contributed by atoms with E-state index in [0.717, 1.165) is 24.2 Å². The molecule has 0 unspecified atom stereocenters. The zero-order chi connectivity index (χ0) is 20.9. The fourth-order valence-corrected chi connectivity index (χ4v) is 4.26. The number of nitrogens with zero attached hydrogens (tertiary/aromatic N) is 3. The predicted octanol–water partition coefficient (Wildman–Crippen LogP) is 3.87. The Balaban J connectivity index is 1.47. The summed E-state index contributed by atoms with van der Waals surface area (Å²) >= 11 is 5.38. The number of aromatic amines is 1. The molecule has 1 fully saturated rings. The molecule has 4 rings (SSSR count). The van der Waals surface area contributed by atoms with E-state index in [2.05, 4.69) is 44.7 Å². The zero-order valence-electron chi connectivity index (χ0n) is 17.2. The summed E-state index contributed by atoms with van der Waals surface area (Å²) in [5.41, 5.74) is 3.31. The summed E-state index contributed by atoms with van der Waals surface area (Å²) in [7, 11) is 0. The van der Waals surface area contributed by atoms with Crippen LogP contribution in [0.25, 0.3) is 11.4 Å². The Hall–Kier alpha value is -2.77. The van der Waals surface area contributed by atoms with Gasteiger partial charge in [0.25, 0.3) is 0 Å². The van der Waals surface area contributed by atoms with Crippen molar-refractivity contribution in [2.24, 2.45) is 0 Å². The van der Waals surface area contributed by atoms with Crippen LogP contribution in [0.5, 0.6) is 0 Å². The lowest BCUT2D eigenvalue weighted by atomic mass is 10.1. The molecule has 1 aromatic heterocycles. The van der Waals surface area contributed by atoms with Gasteiger partial charge >= 0.3 is 0 Å². The van der Waals surface area contributed by atoms with Crippen LogP contribution in [0.2, 0.25) is 0 Å². The number of hydrogen-bond donors (Lipinski definition) is 2. The largest absolute Gasteiger partial charge is 0.353 e. The number of rotatable bonds is 7. The van der Waals surface area contributed by atoms with Crippen LogP contribution in [0.3, 0.4) is 0 Å². The Morgan fingerprint density at radius 2 is 1.93 bits per heavy atom. The van der Waals surface area contributed by atoms with Crippen LogP contribution < -0.4 is 5.32 Å². The molecule has 3 aromatic rings. The summed E-state index contributed by atoms with van der Waals surface area (Å²) in [6.07, 6.45) is 2.42. The van der Waals surface area contributed by atoms with Crippen molar-refractivity contribution in [3.63, 3.8) is 0 Å². The number of amides is 1. The van der Waals surface area contributed by atoms with Gasteiger partial charge in [0.05, 0.1) is 6.04 Å². The van der Waals surface area contributed by atoms with Crippen molar-refractivity contribution in [3.8, 4) is 11.4 Å². The van der Waals surface area contributed by atoms with Gasteiger partial charge < -0.3 is 5.32 Å². The van der Waals surface area contributed by atoms with E-state index in [9.17, 15) is 4.79 Å². The van der Waals surface area contributed by atoms with Gasteiger partial charge in [0, 0.05) is 12.1 Å².